The summed E-state index contributed by atoms with van der Waals surface area (Å²) in [4.78, 5) is 14.6. The molecule has 1 aromatic heterocycles. The van der Waals surface area contributed by atoms with Gasteiger partial charge in [0.1, 0.15) is 0 Å². The highest BCUT2D eigenvalue weighted by Crippen LogP contribution is 2.11. The lowest BCUT2D eigenvalue weighted by Crippen LogP contribution is -2.23. The summed E-state index contributed by atoms with van der Waals surface area (Å²) in [6, 6.07) is 9.27. The van der Waals surface area contributed by atoms with Gasteiger partial charge < -0.3 is 5.11 Å². The fraction of sp³-hybridized carbons (Fsp3) is 0.143. The second-order valence-corrected chi connectivity index (χ2v) is 6.17. The van der Waals surface area contributed by atoms with Gasteiger partial charge in [0.05, 0.1) is 11.3 Å². The van der Waals surface area contributed by atoms with Crippen LogP contribution in [0.15, 0.2) is 53.7 Å². The Bertz CT molecular complexity index is 712. The average Bonchev–Trinajstić information content (AvgIpc) is 2.46. The summed E-state index contributed by atoms with van der Waals surface area (Å²) >= 11 is 0. The van der Waals surface area contributed by atoms with Crippen LogP contribution in [0.1, 0.15) is 11.1 Å². The quantitative estimate of drug-likeness (QED) is 0.835. The molecule has 1 heterocycles. The molecule has 0 saturated heterocycles. The van der Waals surface area contributed by atoms with Gasteiger partial charge >= 0.3 is 5.97 Å². The first kappa shape index (κ1) is 15.1. The predicted octanol–water partition coefficient (Wildman–Crippen LogP) is 1.19. The van der Waals surface area contributed by atoms with Crippen LogP contribution >= 0.6 is 0 Å². The van der Waals surface area contributed by atoms with E-state index in [1.807, 2.05) is 0 Å². The highest BCUT2D eigenvalue weighted by Gasteiger charge is 2.13. The number of hydrogen-bond acceptors (Lipinski definition) is 4. The molecular weight excluding hydrogens is 292 g/mol. The molecule has 0 bridgehead atoms. The van der Waals surface area contributed by atoms with Crippen molar-refractivity contribution >= 4 is 16.0 Å². The van der Waals surface area contributed by atoms with E-state index in [9.17, 15) is 13.2 Å². The Hall–Kier alpha value is -2.25. The molecule has 0 atom stereocenters. The number of nitrogens with zero attached hydrogens (tertiary/aromatic N) is 1. The lowest BCUT2D eigenvalue weighted by molar-refractivity contribution is -0.136. The highest BCUT2D eigenvalue weighted by atomic mass is 32.2. The molecule has 7 heteroatoms. The lowest BCUT2D eigenvalue weighted by atomic mass is 10.2. The van der Waals surface area contributed by atoms with Crippen LogP contribution in [0.2, 0.25) is 0 Å². The van der Waals surface area contributed by atoms with Crippen LogP contribution in [0.25, 0.3) is 0 Å². The molecule has 21 heavy (non-hydrogen) atoms. The van der Waals surface area contributed by atoms with Gasteiger partial charge in [-0.05, 0) is 29.3 Å². The summed E-state index contributed by atoms with van der Waals surface area (Å²) in [5.74, 6) is -0.958. The topological polar surface area (TPSA) is 96.4 Å². The molecule has 0 aliphatic carbocycles. The van der Waals surface area contributed by atoms with Crippen LogP contribution in [0.4, 0.5) is 0 Å². The monoisotopic (exact) mass is 306 g/mol. The van der Waals surface area contributed by atoms with Gasteiger partial charge in [0.15, 0.2) is 0 Å². The summed E-state index contributed by atoms with van der Waals surface area (Å²) < 4.78 is 26.7. The summed E-state index contributed by atoms with van der Waals surface area (Å²) in [7, 11) is -3.63. The minimum absolute atomic E-state index is 0.0977. The summed E-state index contributed by atoms with van der Waals surface area (Å²) in [5, 5.41) is 8.67. The van der Waals surface area contributed by atoms with Crippen LogP contribution in [-0.2, 0) is 27.8 Å². The number of pyridine rings is 1. The molecule has 0 fully saturated rings. The number of nitrogens with one attached hydrogen (secondary N) is 1. The molecule has 2 aromatic rings. The number of sulfonamides is 1. The maximum Gasteiger partial charge on any atom is 0.307 e. The second-order valence-electron chi connectivity index (χ2n) is 4.40. The second kappa shape index (κ2) is 6.47. The molecule has 0 saturated carbocycles. The zero-order chi connectivity index (χ0) is 15.3. The van der Waals surface area contributed by atoms with E-state index in [1.165, 1.54) is 24.3 Å². The van der Waals surface area contributed by atoms with E-state index in [0.717, 1.165) is 5.56 Å². The zero-order valence-corrected chi connectivity index (χ0v) is 11.9. The maximum atomic E-state index is 12.1. The first-order valence-corrected chi connectivity index (χ1v) is 7.65. The molecule has 0 radical (unpaired) electrons. The van der Waals surface area contributed by atoms with Crippen LogP contribution in [0.3, 0.4) is 0 Å². The molecule has 0 amide bonds. The molecule has 1 aromatic carbocycles. The van der Waals surface area contributed by atoms with Gasteiger partial charge in [-0.2, -0.15) is 0 Å². The van der Waals surface area contributed by atoms with Crippen molar-refractivity contribution in [2.75, 3.05) is 0 Å². The Morgan fingerprint density at radius 2 is 1.86 bits per heavy atom. The average molecular weight is 306 g/mol. The number of aliphatic carboxylic acids is 1. The van der Waals surface area contributed by atoms with Crippen molar-refractivity contribution in [1.82, 2.24) is 9.71 Å². The number of rotatable bonds is 6. The lowest BCUT2D eigenvalue weighted by Gasteiger charge is -2.07. The van der Waals surface area contributed by atoms with Crippen LogP contribution in [0.5, 0.6) is 0 Å². The Labute approximate surface area is 122 Å². The van der Waals surface area contributed by atoms with Crippen molar-refractivity contribution in [3.05, 3.63) is 59.9 Å². The number of aromatic nitrogens is 1. The van der Waals surface area contributed by atoms with Gasteiger partial charge in [-0.1, -0.05) is 18.2 Å². The van der Waals surface area contributed by atoms with Crippen molar-refractivity contribution in [3.8, 4) is 0 Å². The van der Waals surface area contributed by atoms with Crippen molar-refractivity contribution in [2.45, 2.75) is 17.9 Å². The van der Waals surface area contributed by atoms with Crippen molar-refractivity contribution in [3.63, 3.8) is 0 Å². The SMILES string of the molecule is O=C(O)Cc1ccc(S(=O)(=O)NCc2cccnc2)cc1. The predicted molar refractivity (Wildman–Crippen MR) is 76.0 cm³/mol. The van der Waals surface area contributed by atoms with Gasteiger partial charge in [-0.25, -0.2) is 13.1 Å². The van der Waals surface area contributed by atoms with Gasteiger partial charge in [-0.15, -0.1) is 0 Å². The van der Waals surface area contributed by atoms with Gasteiger partial charge in [0.25, 0.3) is 0 Å². The fourth-order valence-electron chi connectivity index (χ4n) is 1.73. The van der Waals surface area contributed by atoms with Gasteiger partial charge in [0, 0.05) is 18.9 Å². The Morgan fingerprint density at radius 1 is 1.14 bits per heavy atom. The van der Waals surface area contributed by atoms with E-state index < -0.39 is 16.0 Å². The number of carbonyl (C=O) groups is 1. The third-order valence-electron chi connectivity index (χ3n) is 2.78. The van der Waals surface area contributed by atoms with E-state index in [4.69, 9.17) is 5.11 Å². The fourth-order valence-corrected chi connectivity index (χ4v) is 2.74. The standard InChI is InChI=1S/C14H14N2O4S/c17-14(18)8-11-3-5-13(6-4-11)21(19,20)16-10-12-2-1-7-15-9-12/h1-7,9,16H,8,10H2,(H,17,18). The summed E-state index contributed by atoms with van der Waals surface area (Å²) in [6.45, 7) is 0.146. The van der Waals surface area contributed by atoms with Crippen LogP contribution in [-0.4, -0.2) is 24.5 Å². The third kappa shape index (κ3) is 4.37. The van der Waals surface area contributed by atoms with E-state index >= 15 is 0 Å². The Balaban J connectivity index is 2.07. The molecule has 0 spiro atoms. The smallest absolute Gasteiger partial charge is 0.307 e. The van der Waals surface area contributed by atoms with Gasteiger partial charge in [-0.3, -0.25) is 9.78 Å². The number of carboxylic acids is 1. The molecule has 0 aliphatic rings. The Kier molecular flexibility index (Phi) is 4.66. The van der Waals surface area contributed by atoms with Crippen LogP contribution < -0.4 is 4.72 Å². The van der Waals surface area contributed by atoms with Crippen molar-refractivity contribution < 1.29 is 18.3 Å². The first-order valence-electron chi connectivity index (χ1n) is 6.17. The largest absolute Gasteiger partial charge is 0.481 e. The zero-order valence-electron chi connectivity index (χ0n) is 11.1. The molecule has 6 nitrogen and oxygen atoms in total. The third-order valence-corrected chi connectivity index (χ3v) is 4.20. The highest BCUT2D eigenvalue weighted by molar-refractivity contribution is 7.89. The van der Waals surface area contributed by atoms with Gasteiger partial charge in [0.2, 0.25) is 10.0 Å². The maximum absolute atomic E-state index is 12.1. The molecule has 110 valence electrons. The molecule has 2 N–H and O–H groups in total. The van der Waals surface area contributed by atoms with Crippen molar-refractivity contribution in [1.29, 1.82) is 0 Å². The number of hydrogen-bond donors (Lipinski definition) is 2. The van der Waals surface area contributed by atoms with E-state index in [2.05, 4.69) is 9.71 Å². The first-order chi connectivity index (χ1) is 9.97. The Morgan fingerprint density at radius 3 is 2.43 bits per heavy atom. The molecule has 2 rings (SSSR count). The minimum Gasteiger partial charge on any atom is -0.481 e. The summed E-state index contributed by atoms with van der Waals surface area (Å²) in [5.41, 5.74) is 1.30. The molecular formula is C14H14N2O4S. The van der Waals surface area contributed by atoms with E-state index in [-0.39, 0.29) is 17.9 Å². The minimum atomic E-state index is -3.63. The van der Waals surface area contributed by atoms with E-state index in [1.54, 1.807) is 24.5 Å². The molecule has 0 aliphatic heterocycles. The normalized spacial score (nSPS) is 11.2. The van der Waals surface area contributed by atoms with Crippen LogP contribution in [0, 0.1) is 0 Å². The van der Waals surface area contributed by atoms with Crippen molar-refractivity contribution in [2.24, 2.45) is 0 Å². The summed E-state index contributed by atoms with van der Waals surface area (Å²) in [6.07, 6.45) is 3.06. The van der Waals surface area contributed by atoms with E-state index in [0.29, 0.717) is 5.56 Å². The number of carboxylic acid groups (broad SMARTS) is 1. The number of benzene rings is 1. The molecule has 0 unspecified atom stereocenters.